The SMILES string of the molecule is Cc1c(C(=O)NCCCN2CCOCC2)oc2c1/C(=N/NC(=O)c1cncc(Br)c1)CCC2. The molecule has 4 rings (SSSR count). The van der Waals surface area contributed by atoms with E-state index in [0.29, 0.717) is 28.8 Å². The van der Waals surface area contributed by atoms with Crippen molar-refractivity contribution in [2.75, 3.05) is 39.4 Å². The average Bonchev–Trinajstić information content (AvgIpc) is 3.18. The second kappa shape index (κ2) is 11.0. The average molecular weight is 518 g/mol. The van der Waals surface area contributed by atoms with Gasteiger partial charge in [0, 0.05) is 54.0 Å². The standard InChI is InChI=1S/C23H28BrN5O4/c1-15-20-18(27-28-22(30)16-12-17(24)14-25-13-16)4-2-5-19(20)33-21(15)23(31)26-6-3-7-29-8-10-32-11-9-29/h12-14H,2-11H2,1H3,(H,26,31)(H,28,30)/b27-18+. The van der Waals surface area contributed by atoms with Crippen LogP contribution in [-0.2, 0) is 11.2 Å². The summed E-state index contributed by atoms with van der Waals surface area (Å²) >= 11 is 3.31. The van der Waals surface area contributed by atoms with Crippen LogP contribution in [0, 0.1) is 6.92 Å². The van der Waals surface area contributed by atoms with Gasteiger partial charge in [0.25, 0.3) is 11.8 Å². The van der Waals surface area contributed by atoms with Gasteiger partial charge in [0.15, 0.2) is 5.76 Å². The number of carbonyl (C=O) groups excluding carboxylic acids is 2. The van der Waals surface area contributed by atoms with E-state index in [-0.39, 0.29) is 11.8 Å². The molecule has 2 N–H and O–H groups in total. The Morgan fingerprint density at radius 2 is 2.03 bits per heavy atom. The van der Waals surface area contributed by atoms with Gasteiger partial charge in [-0.05, 0) is 54.7 Å². The van der Waals surface area contributed by atoms with Crippen LogP contribution in [-0.4, -0.2) is 66.8 Å². The van der Waals surface area contributed by atoms with Crippen molar-refractivity contribution in [2.24, 2.45) is 5.10 Å². The number of aromatic nitrogens is 1. The molecule has 33 heavy (non-hydrogen) atoms. The third-order valence-electron chi connectivity index (χ3n) is 5.83. The molecule has 1 fully saturated rings. The first kappa shape index (κ1) is 23.6. The molecule has 9 nitrogen and oxygen atoms in total. The summed E-state index contributed by atoms with van der Waals surface area (Å²) in [4.78, 5) is 31.5. The fraction of sp³-hybridized carbons (Fsp3) is 0.478. The fourth-order valence-electron chi connectivity index (χ4n) is 4.13. The van der Waals surface area contributed by atoms with E-state index in [1.54, 1.807) is 12.3 Å². The lowest BCUT2D eigenvalue weighted by Gasteiger charge is -2.26. The zero-order valence-electron chi connectivity index (χ0n) is 18.7. The minimum absolute atomic E-state index is 0.215. The van der Waals surface area contributed by atoms with Crippen LogP contribution in [0.5, 0.6) is 0 Å². The van der Waals surface area contributed by atoms with E-state index in [9.17, 15) is 9.59 Å². The zero-order valence-corrected chi connectivity index (χ0v) is 20.2. The second-order valence-corrected chi connectivity index (χ2v) is 9.08. The lowest BCUT2D eigenvalue weighted by atomic mass is 9.93. The molecule has 2 amide bonds. The number of rotatable bonds is 7. The quantitative estimate of drug-likeness (QED) is 0.431. The van der Waals surface area contributed by atoms with E-state index in [1.807, 2.05) is 6.92 Å². The molecule has 0 aromatic carbocycles. The Morgan fingerprint density at radius 3 is 2.82 bits per heavy atom. The molecule has 176 valence electrons. The highest BCUT2D eigenvalue weighted by atomic mass is 79.9. The molecule has 1 saturated heterocycles. The molecule has 0 atom stereocenters. The maximum absolute atomic E-state index is 12.8. The number of fused-ring (bicyclic) bond motifs is 1. The summed E-state index contributed by atoms with van der Waals surface area (Å²) in [5.74, 6) is 0.508. The molecule has 0 unspecified atom stereocenters. The number of aryl methyl sites for hydroxylation is 1. The molecular formula is C23H28BrN5O4. The molecule has 3 heterocycles. The number of pyridine rings is 1. The number of nitrogens with zero attached hydrogens (tertiary/aromatic N) is 3. The molecule has 0 saturated carbocycles. The Labute approximate surface area is 201 Å². The number of furan rings is 1. The Morgan fingerprint density at radius 1 is 1.21 bits per heavy atom. The third kappa shape index (κ3) is 5.87. The molecule has 1 aliphatic carbocycles. The molecule has 2 aliphatic rings. The number of carbonyl (C=O) groups is 2. The third-order valence-corrected chi connectivity index (χ3v) is 6.27. The highest BCUT2D eigenvalue weighted by molar-refractivity contribution is 9.10. The van der Waals surface area contributed by atoms with Crippen molar-refractivity contribution in [3.05, 3.63) is 51.1 Å². The summed E-state index contributed by atoms with van der Waals surface area (Å²) in [6, 6.07) is 1.68. The van der Waals surface area contributed by atoms with Gasteiger partial charge >= 0.3 is 0 Å². The van der Waals surface area contributed by atoms with Gasteiger partial charge in [-0.15, -0.1) is 0 Å². The van der Waals surface area contributed by atoms with Gasteiger partial charge in [0.05, 0.1) is 24.5 Å². The van der Waals surface area contributed by atoms with Gasteiger partial charge in [-0.3, -0.25) is 19.5 Å². The molecule has 2 aromatic rings. The lowest BCUT2D eigenvalue weighted by molar-refractivity contribution is 0.0374. The number of ether oxygens (including phenoxy) is 1. The van der Waals surface area contributed by atoms with Gasteiger partial charge in [-0.1, -0.05) is 0 Å². The lowest BCUT2D eigenvalue weighted by Crippen LogP contribution is -2.38. The van der Waals surface area contributed by atoms with Crippen LogP contribution in [0.2, 0.25) is 0 Å². The van der Waals surface area contributed by atoms with E-state index in [1.165, 1.54) is 6.20 Å². The van der Waals surface area contributed by atoms with Crippen molar-refractivity contribution in [3.8, 4) is 0 Å². The molecule has 2 aromatic heterocycles. The largest absolute Gasteiger partial charge is 0.455 e. The molecule has 0 spiro atoms. The van der Waals surface area contributed by atoms with E-state index in [0.717, 1.165) is 74.7 Å². The van der Waals surface area contributed by atoms with Gasteiger partial charge in [-0.2, -0.15) is 5.10 Å². The van der Waals surface area contributed by atoms with Crippen LogP contribution in [0.3, 0.4) is 0 Å². The normalized spacial score (nSPS) is 17.6. The maximum Gasteiger partial charge on any atom is 0.287 e. The van der Waals surface area contributed by atoms with Crippen molar-refractivity contribution in [3.63, 3.8) is 0 Å². The molecule has 0 bridgehead atoms. The number of hydrogen-bond acceptors (Lipinski definition) is 7. The predicted molar refractivity (Wildman–Crippen MR) is 127 cm³/mol. The molecular weight excluding hydrogens is 490 g/mol. The maximum atomic E-state index is 12.8. The first-order chi connectivity index (χ1) is 16.0. The van der Waals surface area contributed by atoms with Crippen molar-refractivity contribution < 1.29 is 18.7 Å². The van der Waals surface area contributed by atoms with Crippen LogP contribution < -0.4 is 10.7 Å². The Hall–Kier alpha value is -2.56. The monoisotopic (exact) mass is 517 g/mol. The smallest absolute Gasteiger partial charge is 0.287 e. The zero-order chi connectivity index (χ0) is 23.2. The number of hydrazone groups is 1. The highest BCUT2D eigenvalue weighted by Gasteiger charge is 2.28. The topological polar surface area (TPSA) is 109 Å². The number of amides is 2. The fourth-order valence-corrected chi connectivity index (χ4v) is 4.49. The van der Waals surface area contributed by atoms with Crippen molar-refractivity contribution >= 4 is 33.5 Å². The van der Waals surface area contributed by atoms with Gasteiger partial charge in [0.1, 0.15) is 5.76 Å². The van der Waals surface area contributed by atoms with E-state index < -0.39 is 0 Å². The van der Waals surface area contributed by atoms with Crippen LogP contribution in [0.1, 0.15) is 57.1 Å². The van der Waals surface area contributed by atoms with Crippen LogP contribution in [0.25, 0.3) is 0 Å². The van der Waals surface area contributed by atoms with Gasteiger partial charge in [-0.25, -0.2) is 5.43 Å². The van der Waals surface area contributed by atoms with Crippen molar-refractivity contribution in [1.82, 2.24) is 20.6 Å². The minimum atomic E-state index is -0.345. The Balaban J connectivity index is 1.38. The van der Waals surface area contributed by atoms with E-state index in [2.05, 4.69) is 41.7 Å². The number of nitrogens with one attached hydrogen (secondary N) is 2. The van der Waals surface area contributed by atoms with Crippen LogP contribution >= 0.6 is 15.9 Å². The van der Waals surface area contributed by atoms with Gasteiger partial charge in [0.2, 0.25) is 0 Å². The van der Waals surface area contributed by atoms with E-state index in [4.69, 9.17) is 9.15 Å². The Bertz CT molecular complexity index is 1050. The molecule has 1 aliphatic heterocycles. The summed E-state index contributed by atoms with van der Waals surface area (Å²) in [6.07, 6.45) is 6.24. The Kier molecular flexibility index (Phi) is 7.89. The number of morpholine rings is 1. The summed E-state index contributed by atoms with van der Waals surface area (Å²) in [7, 11) is 0. The predicted octanol–water partition coefficient (Wildman–Crippen LogP) is 2.67. The van der Waals surface area contributed by atoms with Crippen LogP contribution in [0.4, 0.5) is 0 Å². The molecule has 10 heteroatoms. The second-order valence-electron chi connectivity index (χ2n) is 8.16. The molecule has 0 radical (unpaired) electrons. The highest BCUT2D eigenvalue weighted by Crippen LogP contribution is 2.29. The number of hydrogen-bond donors (Lipinski definition) is 2. The minimum Gasteiger partial charge on any atom is -0.455 e. The summed E-state index contributed by atoms with van der Waals surface area (Å²) in [6.45, 7) is 6.80. The summed E-state index contributed by atoms with van der Waals surface area (Å²) < 4.78 is 12.0. The van der Waals surface area contributed by atoms with Crippen molar-refractivity contribution in [2.45, 2.75) is 32.6 Å². The summed E-state index contributed by atoms with van der Waals surface area (Å²) in [5, 5.41) is 7.33. The van der Waals surface area contributed by atoms with Crippen LogP contribution in [0.15, 0.2) is 32.5 Å². The summed E-state index contributed by atoms with van der Waals surface area (Å²) in [5.41, 5.74) is 5.32. The first-order valence-corrected chi connectivity index (χ1v) is 12.0. The van der Waals surface area contributed by atoms with Gasteiger partial charge < -0.3 is 14.5 Å². The van der Waals surface area contributed by atoms with Crippen molar-refractivity contribution in [1.29, 1.82) is 0 Å². The first-order valence-electron chi connectivity index (χ1n) is 11.2. The van der Waals surface area contributed by atoms with E-state index >= 15 is 0 Å². The number of halogens is 1.